The van der Waals surface area contributed by atoms with Crippen LogP contribution >= 0.6 is 0 Å². The number of amides is 1. The fraction of sp³-hybridized carbons (Fsp3) is 0.500. The molecule has 0 aromatic carbocycles. The van der Waals surface area contributed by atoms with Gasteiger partial charge in [-0.05, 0) is 24.8 Å². The smallest absolute Gasteiger partial charge is 0.259 e. The van der Waals surface area contributed by atoms with Crippen molar-refractivity contribution in [2.45, 2.75) is 25.7 Å². The highest BCUT2D eigenvalue weighted by atomic mass is 19.3. The highest BCUT2D eigenvalue weighted by Crippen LogP contribution is 2.14. The number of hydrogen-bond donors (Lipinski definition) is 1. The first-order valence-electron chi connectivity index (χ1n) is 6.84. The van der Waals surface area contributed by atoms with E-state index in [4.69, 9.17) is 0 Å². The van der Waals surface area contributed by atoms with Crippen LogP contribution in [0.4, 0.5) is 14.6 Å². The van der Waals surface area contributed by atoms with Crippen molar-refractivity contribution in [2.24, 2.45) is 0 Å². The highest BCUT2D eigenvalue weighted by molar-refractivity contribution is 5.81. The van der Waals surface area contributed by atoms with E-state index in [0.29, 0.717) is 17.9 Å². The standard InChI is InChI=1S/C14H18F2N4O/c1-10(14(15)16)3-4-11-7-12(19-9-18-11)17-8-13(21)20-5-2-6-20/h7,9,14H,1-6,8H2,(H,17,18,19). The van der Waals surface area contributed by atoms with Gasteiger partial charge in [-0.25, -0.2) is 18.7 Å². The van der Waals surface area contributed by atoms with Crippen LogP contribution in [0.5, 0.6) is 0 Å². The quantitative estimate of drug-likeness (QED) is 0.781. The van der Waals surface area contributed by atoms with E-state index in [0.717, 1.165) is 19.5 Å². The third kappa shape index (κ3) is 4.47. The Balaban J connectivity index is 1.82. The van der Waals surface area contributed by atoms with Gasteiger partial charge in [0.1, 0.15) is 12.1 Å². The zero-order valence-corrected chi connectivity index (χ0v) is 11.7. The van der Waals surface area contributed by atoms with E-state index < -0.39 is 6.43 Å². The molecule has 114 valence electrons. The van der Waals surface area contributed by atoms with Gasteiger partial charge in [-0.2, -0.15) is 0 Å². The van der Waals surface area contributed by atoms with Crippen molar-refractivity contribution in [1.82, 2.24) is 14.9 Å². The lowest BCUT2D eigenvalue weighted by atomic mass is 10.1. The third-order valence-corrected chi connectivity index (χ3v) is 3.36. The molecule has 0 aliphatic carbocycles. The summed E-state index contributed by atoms with van der Waals surface area (Å²) in [5, 5.41) is 2.93. The first kappa shape index (κ1) is 15.3. The predicted octanol–water partition coefficient (Wildman–Crippen LogP) is 1.87. The lowest BCUT2D eigenvalue weighted by Gasteiger charge is -2.30. The molecule has 1 aliphatic heterocycles. The fourth-order valence-electron chi connectivity index (χ4n) is 1.87. The number of carbonyl (C=O) groups excluding carboxylic acids is 1. The Morgan fingerprint density at radius 2 is 2.19 bits per heavy atom. The molecule has 0 radical (unpaired) electrons. The van der Waals surface area contributed by atoms with E-state index in [-0.39, 0.29) is 24.4 Å². The fourth-order valence-corrected chi connectivity index (χ4v) is 1.87. The summed E-state index contributed by atoms with van der Waals surface area (Å²) >= 11 is 0. The van der Waals surface area contributed by atoms with Gasteiger partial charge in [0.15, 0.2) is 0 Å². The van der Waals surface area contributed by atoms with E-state index in [2.05, 4.69) is 21.9 Å². The molecule has 2 heterocycles. The van der Waals surface area contributed by atoms with Gasteiger partial charge >= 0.3 is 0 Å². The summed E-state index contributed by atoms with van der Waals surface area (Å²) in [6.07, 6.45) is 0.467. The summed E-state index contributed by atoms with van der Waals surface area (Å²) < 4.78 is 24.7. The predicted molar refractivity (Wildman–Crippen MR) is 75.2 cm³/mol. The normalized spacial score (nSPS) is 14.0. The zero-order chi connectivity index (χ0) is 15.2. The molecule has 0 unspecified atom stereocenters. The SMILES string of the molecule is C=C(CCc1cc(NCC(=O)N2CCC2)ncn1)C(F)F. The van der Waals surface area contributed by atoms with Crippen LogP contribution in [0.15, 0.2) is 24.5 Å². The number of alkyl halides is 2. The number of aryl methyl sites for hydroxylation is 1. The van der Waals surface area contributed by atoms with E-state index >= 15 is 0 Å². The lowest BCUT2D eigenvalue weighted by Crippen LogP contribution is -2.44. The molecule has 2 rings (SSSR count). The number of likely N-dealkylation sites (tertiary alicyclic amines) is 1. The number of carbonyl (C=O) groups is 1. The monoisotopic (exact) mass is 296 g/mol. The number of aromatic nitrogens is 2. The zero-order valence-electron chi connectivity index (χ0n) is 11.7. The van der Waals surface area contributed by atoms with Crippen LogP contribution in [-0.4, -0.2) is 46.8 Å². The van der Waals surface area contributed by atoms with Crippen LogP contribution < -0.4 is 5.32 Å². The van der Waals surface area contributed by atoms with Crippen molar-refractivity contribution >= 4 is 11.7 Å². The molecule has 1 aliphatic rings. The Labute approximate surface area is 122 Å². The number of nitrogens with one attached hydrogen (secondary N) is 1. The average molecular weight is 296 g/mol. The molecule has 0 spiro atoms. The van der Waals surface area contributed by atoms with Gasteiger partial charge in [-0.1, -0.05) is 6.58 Å². The molecular weight excluding hydrogens is 278 g/mol. The summed E-state index contributed by atoms with van der Waals surface area (Å²) in [5.74, 6) is 0.559. The molecule has 1 N–H and O–H groups in total. The molecule has 1 aromatic rings. The van der Waals surface area contributed by atoms with Crippen LogP contribution in [0.2, 0.25) is 0 Å². The second-order valence-electron chi connectivity index (χ2n) is 4.94. The van der Waals surface area contributed by atoms with Crippen LogP contribution in [0, 0.1) is 0 Å². The van der Waals surface area contributed by atoms with Gasteiger partial charge in [0.25, 0.3) is 6.43 Å². The minimum atomic E-state index is -2.50. The van der Waals surface area contributed by atoms with E-state index in [9.17, 15) is 13.6 Å². The van der Waals surface area contributed by atoms with E-state index in [1.54, 1.807) is 11.0 Å². The van der Waals surface area contributed by atoms with Crippen molar-refractivity contribution in [2.75, 3.05) is 25.0 Å². The molecule has 1 saturated heterocycles. The molecule has 21 heavy (non-hydrogen) atoms. The van der Waals surface area contributed by atoms with E-state index in [1.165, 1.54) is 6.33 Å². The van der Waals surface area contributed by atoms with Gasteiger partial charge < -0.3 is 10.2 Å². The van der Waals surface area contributed by atoms with Crippen LogP contribution in [0.3, 0.4) is 0 Å². The van der Waals surface area contributed by atoms with Gasteiger partial charge in [0.2, 0.25) is 5.91 Å². The summed E-state index contributed by atoms with van der Waals surface area (Å²) in [7, 11) is 0. The number of rotatable bonds is 7. The number of hydrogen-bond acceptors (Lipinski definition) is 4. The molecular formula is C14H18F2N4O. The first-order chi connectivity index (χ1) is 10.1. The maximum atomic E-state index is 12.3. The Kier molecular flexibility index (Phi) is 5.19. The topological polar surface area (TPSA) is 58.1 Å². The molecule has 5 nitrogen and oxygen atoms in total. The van der Waals surface area contributed by atoms with Gasteiger partial charge in [0, 0.05) is 24.8 Å². The molecule has 1 fully saturated rings. The maximum Gasteiger partial charge on any atom is 0.259 e. The maximum absolute atomic E-state index is 12.3. The van der Waals surface area contributed by atoms with Gasteiger partial charge in [-0.15, -0.1) is 0 Å². The van der Waals surface area contributed by atoms with Crippen LogP contribution in [0.1, 0.15) is 18.5 Å². The largest absolute Gasteiger partial charge is 0.361 e. The van der Waals surface area contributed by atoms with E-state index in [1.807, 2.05) is 0 Å². The summed E-state index contributed by atoms with van der Waals surface area (Å²) in [4.78, 5) is 21.5. The molecule has 1 amide bonds. The minimum absolute atomic E-state index is 0.0347. The Hall–Kier alpha value is -2.05. The Morgan fingerprint density at radius 3 is 2.81 bits per heavy atom. The van der Waals surface area contributed by atoms with Crippen molar-refractivity contribution in [1.29, 1.82) is 0 Å². The second-order valence-corrected chi connectivity index (χ2v) is 4.94. The molecule has 7 heteroatoms. The third-order valence-electron chi connectivity index (χ3n) is 3.36. The average Bonchev–Trinajstić information content (AvgIpc) is 2.41. The molecule has 0 saturated carbocycles. The van der Waals surface area contributed by atoms with Crippen molar-refractivity contribution in [3.05, 3.63) is 30.2 Å². The number of anilines is 1. The number of halogens is 2. The van der Waals surface area contributed by atoms with Crippen LogP contribution in [0.25, 0.3) is 0 Å². The summed E-state index contributed by atoms with van der Waals surface area (Å²) in [5.41, 5.74) is 0.543. The first-order valence-corrected chi connectivity index (χ1v) is 6.84. The summed E-state index contributed by atoms with van der Waals surface area (Å²) in [6.45, 7) is 5.13. The summed E-state index contributed by atoms with van der Waals surface area (Å²) in [6, 6.07) is 1.67. The Bertz CT molecular complexity index is 517. The van der Waals surface area contributed by atoms with Crippen molar-refractivity contribution < 1.29 is 13.6 Å². The van der Waals surface area contributed by atoms with Crippen molar-refractivity contribution in [3.63, 3.8) is 0 Å². The molecule has 0 bridgehead atoms. The van der Waals surface area contributed by atoms with Gasteiger partial charge in [0.05, 0.1) is 6.54 Å². The highest BCUT2D eigenvalue weighted by Gasteiger charge is 2.19. The molecule has 0 atom stereocenters. The second kappa shape index (κ2) is 7.10. The Morgan fingerprint density at radius 1 is 1.43 bits per heavy atom. The van der Waals surface area contributed by atoms with Crippen LogP contribution in [-0.2, 0) is 11.2 Å². The van der Waals surface area contributed by atoms with Crippen molar-refractivity contribution in [3.8, 4) is 0 Å². The lowest BCUT2D eigenvalue weighted by molar-refractivity contribution is -0.132. The minimum Gasteiger partial charge on any atom is -0.361 e. The van der Waals surface area contributed by atoms with Gasteiger partial charge in [-0.3, -0.25) is 4.79 Å². The number of allylic oxidation sites excluding steroid dienone is 1. The molecule has 1 aromatic heterocycles. The number of nitrogens with zero attached hydrogens (tertiary/aromatic N) is 3.